The number of rotatable bonds is 11. The average molecular weight is 484 g/mol. The molecule has 0 unspecified atom stereocenters. The van der Waals surface area contributed by atoms with Crippen molar-refractivity contribution in [1.29, 1.82) is 0 Å². The predicted molar refractivity (Wildman–Crippen MR) is 133 cm³/mol. The van der Waals surface area contributed by atoms with Gasteiger partial charge in [0.2, 0.25) is 0 Å². The first-order valence-corrected chi connectivity index (χ1v) is 12.1. The molecule has 0 bridgehead atoms. The lowest BCUT2D eigenvalue weighted by Gasteiger charge is -2.14. The molecule has 1 aromatic heterocycles. The van der Waals surface area contributed by atoms with E-state index in [1.165, 1.54) is 16.3 Å². The number of aromatic nitrogens is 2. The van der Waals surface area contributed by atoms with Crippen LogP contribution in [0.1, 0.15) is 41.5 Å². The average Bonchev–Trinajstić information content (AvgIpc) is 2.82. The molecule has 0 saturated heterocycles. The number of thioether (sulfide) groups is 1. The molecule has 1 N–H and O–H groups in total. The van der Waals surface area contributed by atoms with E-state index in [4.69, 9.17) is 9.47 Å². The van der Waals surface area contributed by atoms with Gasteiger partial charge in [0, 0.05) is 24.3 Å². The molecule has 0 aliphatic rings. The molecule has 0 aliphatic heterocycles. The van der Waals surface area contributed by atoms with Gasteiger partial charge in [-0.15, -0.1) is 0 Å². The van der Waals surface area contributed by atoms with Gasteiger partial charge in [0.1, 0.15) is 5.75 Å². The van der Waals surface area contributed by atoms with Crippen molar-refractivity contribution in [1.82, 2.24) is 14.9 Å². The number of Topliss-reactive ketones (excluding diaryl/α,β-unsaturated/α-hetero) is 1. The molecule has 180 valence electrons. The number of amides is 1. The maximum absolute atomic E-state index is 13.2. The Labute approximate surface area is 202 Å². The molecule has 3 aromatic rings. The summed E-state index contributed by atoms with van der Waals surface area (Å²) >= 11 is 1.18. The second-order valence-electron chi connectivity index (χ2n) is 7.87. The van der Waals surface area contributed by atoms with E-state index in [0.717, 1.165) is 0 Å². The van der Waals surface area contributed by atoms with E-state index in [1.54, 1.807) is 49.6 Å². The van der Waals surface area contributed by atoms with E-state index < -0.39 is 0 Å². The monoisotopic (exact) mass is 483 g/mol. The van der Waals surface area contributed by atoms with Crippen LogP contribution in [-0.4, -0.2) is 53.4 Å². The number of hydrogen-bond acceptors (Lipinski definition) is 7. The molecule has 3 rings (SSSR count). The summed E-state index contributed by atoms with van der Waals surface area (Å²) in [6, 6.07) is 11.8. The second kappa shape index (κ2) is 11.8. The molecular weight excluding hydrogens is 454 g/mol. The Bertz CT molecular complexity index is 1220. The van der Waals surface area contributed by atoms with Gasteiger partial charge in [-0.2, -0.15) is 0 Å². The van der Waals surface area contributed by atoms with Gasteiger partial charge in [-0.05, 0) is 63.2 Å². The van der Waals surface area contributed by atoms with Gasteiger partial charge in [0.15, 0.2) is 10.9 Å². The van der Waals surface area contributed by atoms with E-state index >= 15 is 0 Å². The van der Waals surface area contributed by atoms with E-state index in [2.05, 4.69) is 10.3 Å². The summed E-state index contributed by atoms with van der Waals surface area (Å²) in [6.45, 7) is 6.82. The van der Waals surface area contributed by atoms with E-state index in [-0.39, 0.29) is 29.0 Å². The number of ether oxygens (including phenoxy) is 2. The highest BCUT2D eigenvalue weighted by Gasteiger charge is 2.16. The first kappa shape index (κ1) is 25.5. The topological polar surface area (TPSA) is 99.5 Å². The van der Waals surface area contributed by atoms with Gasteiger partial charge in [-0.25, -0.2) is 4.98 Å². The van der Waals surface area contributed by atoms with Crippen LogP contribution in [0.25, 0.3) is 10.9 Å². The highest BCUT2D eigenvalue weighted by Crippen LogP contribution is 2.21. The number of methoxy groups -OCH3 is 1. The van der Waals surface area contributed by atoms with Crippen LogP contribution in [0, 0.1) is 0 Å². The fraction of sp³-hybridized carbons (Fsp3) is 0.360. The first-order chi connectivity index (χ1) is 16.3. The Morgan fingerprint density at radius 2 is 1.82 bits per heavy atom. The van der Waals surface area contributed by atoms with Crippen molar-refractivity contribution in [2.24, 2.45) is 0 Å². The minimum absolute atomic E-state index is 0.0158. The zero-order valence-electron chi connectivity index (χ0n) is 19.8. The van der Waals surface area contributed by atoms with Crippen molar-refractivity contribution in [2.45, 2.75) is 38.5 Å². The number of ketones is 1. The molecule has 0 spiro atoms. The highest BCUT2D eigenvalue weighted by molar-refractivity contribution is 7.99. The fourth-order valence-corrected chi connectivity index (χ4v) is 4.21. The quantitative estimate of drug-likeness (QED) is 0.253. The van der Waals surface area contributed by atoms with Crippen molar-refractivity contribution in [3.63, 3.8) is 0 Å². The zero-order chi connectivity index (χ0) is 24.7. The summed E-state index contributed by atoms with van der Waals surface area (Å²) in [4.78, 5) is 43.0. The Kier molecular flexibility index (Phi) is 8.84. The summed E-state index contributed by atoms with van der Waals surface area (Å²) in [5.41, 5.74) is 1.14. The van der Waals surface area contributed by atoms with E-state index in [0.29, 0.717) is 52.7 Å². The SMILES string of the molecule is CCOc1ccc(C(=O)CSc2nc3cc(C(=O)NC(C)C)ccc3c(=O)n2CCOC)cc1. The maximum Gasteiger partial charge on any atom is 0.262 e. The third kappa shape index (κ3) is 6.24. The lowest BCUT2D eigenvalue weighted by molar-refractivity contribution is 0.0942. The molecule has 0 radical (unpaired) electrons. The lowest BCUT2D eigenvalue weighted by Crippen LogP contribution is -2.30. The largest absolute Gasteiger partial charge is 0.494 e. The lowest BCUT2D eigenvalue weighted by atomic mass is 10.1. The summed E-state index contributed by atoms with van der Waals surface area (Å²) in [6.07, 6.45) is 0. The van der Waals surface area contributed by atoms with Crippen molar-refractivity contribution < 1.29 is 19.1 Å². The molecule has 8 nitrogen and oxygen atoms in total. The van der Waals surface area contributed by atoms with E-state index in [9.17, 15) is 14.4 Å². The van der Waals surface area contributed by atoms with Crippen molar-refractivity contribution in [2.75, 3.05) is 26.1 Å². The minimum Gasteiger partial charge on any atom is -0.494 e. The Hall–Kier alpha value is -3.17. The predicted octanol–water partition coefficient (Wildman–Crippen LogP) is 3.55. The normalized spacial score (nSPS) is 11.1. The third-order valence-corrected chi connectivity index (χ3v) is 5.92. The summed E-state index contributed by atoms with van der Waals surface area (Å²) in [7, 11) is 1.56. The van der Waals surface area contributed by atoms with Gasteiger partial charge in [0.25, 0.3) is 11.5 Å². The highest BCUT2D eigenvalue weighted by atomic mass is 32.2. The summed E-state index contributed by atoms with van der Waals surface area (Å²) in [5, 5.41) is 3.64. The van der Waals surface area contributed by atoms with Crippen LogP contribution in [0.5, 0.6) is 5.75 Å². The van der Waals surface area contributed by atoms with Crippen LogP contribution < -0.4 is 15.6 Å². The number of nitrogens with one attached hydrogen (secondary N) is 1. The first-order valence-electron chi connectivity index (χ1n) is 11.1. The van der Waals surface area contributed by atoms with Crippen molar-refractivity contribution >= 4 is 34.4 Å². The van der Waals surface area contributed by atoms with Gasteiger partial charge < -0.3 is 14.8 Å². The molecule has 2 aromatic carbocycles. The molecule has 0 saturated carbocycles. The molecule has 9 heteroatoms. The standard InChI is InChI=1S/C25H29N3O5S/c1-5-33-19-9-6-17(7-10-19)22(29)15-34-25-27-21-14-18(23(30)26-16(2)3)8-11-20(21)24(31)28(25)12-13-32-4/h6-11,14,16H,5,12-13,15H2,1-4H3,(H,26,30). The van der Waals surface area contributed by atoms with Crippen LogP contribution >= 0.6 is 11.8 Å². The zero-order valence-corrected chi connectivity index (χ0v) is 20.6. The molecular formula is C25H29N3O5S. The van der Waals surface area contributed by atoms with Gasteiger partial charge in [-0.1, -0.05) is 11.8 Å². The second-order valence-corrected chi connectivity index (χ2v) is 8.82. The summed E-state index contributed by atoms with van der Waals surface area (Å²) in [5.74, 6) is 0.480. The van der Waals surface area contributed by atoms with Crippen LogP contribution in [-0.2, 0) is 11.3 Å². The number of nitrogens with zero attached hydrogens (tertiary/aromatic N) is 2. The van der Waals surface area contributed by atoms with Crippen molar-refractivity contribution in [3.05, 3.63) is 63.9 Å². The van der Waals surface area contributed by atoms with Crippen LogP contribution in [0.15, 0.2) is 52.4 Å². The van der Waals surface area contributed by atoms with Gasteiger partial charge in [-0.3, -0.25) is 19.0 Å². The maximum atomic E-state index is 13.2. The summed E-state index contributed by atoms with van der Waals surface area (Å²) < 4.78 is 12.1. The minimum atomic E-state index is -0.242. The molecule has 0 atom stereocenters. The number of carbonyl (C=O) groups excluding carboxylic acids is 2. The van der Waals surface area contributed by atoms with Crippen LogP contribution in [0.2, 0.25) is 0 Å². The fourth-order valence-electron chi connectivity index (χ4n) is 3.29. The van der Waals surface area contributed by atoms with Crippen LogP contribution in [0.4, 0.5) is 0 Å². The number of fused-ring (bicyclic) bond motifs is 1. The molecule has 1 amide bonds. The Morgan fingerprint density at radius 1 is 1.12 bits per heavy atom. The smallest absolute Gasteiger partial charge is 0.262 e. The Balaban J connectivity index is 1.90. The molecule has 34 heavy (non-hydrogen) atoms. The van der Waals surface area contributed by atoms with Gasteiger partial charge in [0.05, 0.1) is 36.4 Å². The molecule has 1 heterocycles. The molecule has 0 aliphatic carbocycles. The van der Waals surface area contributed by atoms with Gasteiger partial charge >= 0.3 is 0 Å². The van der Waals surface area contributed by atoms with Crippen LogP contribution in [0.3, 0.4) is 0 Å². The Morgan fingerprint density at radius 3 is 2.47 bits per heavy atom. The number of hydrogen-bond donors (Lipinski definition) is 1. The molecule has 0 fully saturated rings. The van der Waals surface area contributed by atoms with Crippen molar-refractivity contribution in [3.8, 4) is 5.75 Å². The number of carbonyl (C=O) groups is 2. The number of benzene rings is 2. The van der Waals surface area contributed by atoms with E-state index in [1.807, 2.05) is 20.8 Å². The third-order valence-electron chi connectivity index (χ3n) is 4.94.